The lowest BCUT2D eigenvalue weighted by Gasteiger charge is -2.10. The summed E-state index contributed by atoms with van der Waals surface area (Å²) in [6.07, 6.45) is 1.27. The molecule has 18 heavy (non-hydrogen) atoms. The zero-order valence-electron chi connectivity index (χ0n) is 9.60. The molecule has 1 fully saturated rings. The van der Waals surface area contributed by atoms with Crippen molar-refractivity contribution < 1.29 is 13.2 Å². The molecule has 1 aliphatic heterocycles. The van der Waals surface area contributed by atoms with E-state index in [-0.39, 0.29) is 23.1 Å². The molecular formula is C11H13ClN2O3S. The van der Waals surface area contributed by atoms with Gasteiger partial charge in [0.2, 0.25) is 0 Å². The first-order valence-electron chi connectivity index (χ1n) is 5.61. The average Bonchev–Trinajstić information content (AvgIpc) is 2.65. The summed E-state index contributed by atoms with van der Waals surface area (Å²) >= 11 is 5.67. The van der Waals surface area contributed by atoms with Crippen molar-refractivity contribution in [1.29, 1.82) is 0 Å². The van der Waals surface area contributed by atoms with Gasteiger partial charge in [0.25, 0.3) is 5.91 Å². The zero-order chi connectivity index (χ0) is 13.2. The molecule has 1 aromatic rings. The van der Waals surface area contributed by atoms with Crippen LogP contribution >= 0.6 is 11.6 Å². The highest BCUT2D eigenvalue weighted by molar-refractivity contribution is 7.92. The Bertz CT molecular complexity index is 559. The van der Waals surface area contributed by atoms with Crippen LogP contribution in [-0.4, -0.2) is 36.9 Å². The molecule has 98 valence electrons. The van der Waals surface area contributed by atoms with Gasteiger partial charge in [-0.15, -0.1) is 0 Å². The topological polar surface area (TPSA) is 76.1 Å². The third-order valence-electron chi connectivity index (χ3n) is 2.90. The number of carbonyl (C=O) groups is 1. The van der Waals surface area contributed by atoms with E-state index in [9.17, 15) is 13.2 Å². The Hall–Kier alpha value is -1.14. The van der Waals surface area contributed by atoms with Crippen molar-refractivity contribution >= 4 is 27.3 Å². The molecule has 0 aliphatic carbocycles. The quantitative estimate of drug-likeness (QED) is 0.843. The van der Waals surface area contributed by atoms with Crippen LogP contribution in [-0.2, 0) is 9.84 Å². The molecule has 0 saturated carbocycles. The minimum atomic E-state index is -3.03. The lowest BCUT2D eigenvalue weighted by Crippen LogP contribution is -2.34. The number of carbonyl (C=O) groups excluding carboxylic acids is 1. The lowest BCUT2D eigenvalue weighted by molar-refractivity contribution is 0.0948. The summed E-state index contributed by atoms with van der Waals surface area (Å²) in [5.74, 6) is -0.192. The molecule has 2 heterocycles. The maximum Gasteiger partial charge on any atom is 0.269 e. The minimum Gasteiger partial charge on any atom is -0.349 e. The van der Waals surface area contributed by atoms with Gasteiger partial charge in [-0.05, 0) is 25.0 Å². The molecule has 1 atom stereocenters. The normalized spacial score (nSPS) is 21.7. The maximum absolute atomic E-state index is 11.7. The molecule has 1 aromatic heterocycles. The predicted molar refractivity (Wildman–Crippen MR) is 68.4 cm³/mol. The van der Waals surface area contributed by atoms with Crippen LogP contribution in [0.4, 0.5) is 0 Å². The van der Waals surface area contributed by atoms with Crippen molar-refractivity contribution in [2.75, 3.05) is 12.3 Å². The van der Waals surface area contributed by atoms with E-state index in [0.29, 0.717) is 12.8 Å². The number of amides is 1. The van der Waals surface area contributed by atoms with E-state index in [2.05, 4.69) is 10.3 Å². The molecule has 1 aliphatic rings. The van der Waals surface area contributed by atoms with Crippen LogP contribution in [0.25, 0.3) is 0 Å². The lowest BCUT2D eigenvalue weighted by atomic mass is 10.2. The van der Waals surface area contributed by atoms with E-state index >= 15 is 0 Å². The number of hydrogen-bond donors (Lipinski definition) is 1. The first-order chi connectivity index (χ1) is 8.49. The highest BCUT2D eigenvalue weighted by atomic mass is 35.5. The fourth-order valence-corrected chi connectivity index (χ4v) is 3.85. The summed E-state index contributed by atoms with van der Waals surface area (Å²) < 4.78 is 23.2. The van der Waals surface area contributed by atoms with E-state index in [1.807, 2.05) is 0 Å². The Morgan fingerprint density at radius 3 is 2.89 bits per heavy atom. The number of pyridine rings is 1. The molecule has 0 spiro atoms. The van der Waals surface area contributed by atoms with Gasteiger partial charge in [0, 0.05) is 6.54 Å². The fourth-order valence-electron chi connectivity index (χ4n) is 1.92. The van der Waals surface area contributed by atoms with Gasteiger partial charge in [-0.25, -0.2) is 13.4 Å². The number of halogens is 1. The van der Waals surface area contributed by atoms with Gasteiger partial charge < -0.3 is 5.32 Å². The van der Waals surface area contributed by atoms with Crippen LogP contribution in [0.15, 0.2) is 18.2 Å². The molecule has 5 nitrogen and oxygen atoms in total. The molecule has 1 amide bonds. The van der Waals surface area contributed by atoms with Crippen molar-refractivity contribution in [1.82, 2.24) is 10.3 Å². The number of nitrogens with one attached hydrogen (secondary N) is 1. The number of hydrogen-bond acceptors (Lipinski definition) is 4. The number of nitrogens with zero attached hydrogens (tertiary/aromatic N) is 1. The highest BCUT2D eigenvalue weighted by Crippen LogP contribution is 2.19. The van der Waals surface area contributed by atoms with Crippen molar-refractivity contribution in [3.8, 4) is 0 Å². The van der Waals surface area contributed by atoms with E-state index in [4.69, 9.17) is 11.6 Å². The molecule has 1 saturated heterocycles. The van der Waals surface area contributed by atoms with Gasteiger partial charge in [0.05, 0.1) is 11.0 Å². The summed E-state index contributed by atoms with van der Waals surface area (Å²) in [5, 5.41) is 2.35. The molecule has 7 heteroatoms. The van der Waals surface area contributed by atoms with Gasteiger partial charge in [-0.1, -0.05) is 17.7 Å². The van der Waals surface area contributed by atoms with Crippen LogP contribution < -0.4 is 5.32 Å². The second-order valence-corrected chi connectivity index (χ2v) is 6.97. The van der Waals surface area contributed by atoms with Gasteiger partial charge in [0.1, 0.15) is 10.8 Å². The monoisotopic (exact) mass is 288 g/mol. The van der Waals surface area contributed by atoms with Crippen molar-refractivity contribution in [3.63, 3.8) is 0 Å². The van der Waals surface area contributed by atoms with Gasteiger partial charge in [0.15, 0.2) is 9.84 Å². The van der Waals surface area contributed by atoms with Crippen LogP contribution in [0.3, 0.4) is 0 Å². The van der Waals surface area contributed by atoms with Crippen molar-refractivity contribution in [3.05, 3.63) is 29.0 Å². The minimum absolute atomic E-state index is 0.134. The molecule has 0 bridgehead atoms. The van der Waals surface area contributed by atoms with Crippen LogP contribution in [0.2, 0.25) is 5.15 Å². The third kappa shape index (κ3) is 3.00. The average molecular weight is 289 g/mol. The van der Waals surface area contributed by atoms with Crippen LogP contribution in [0, 0.1) is 0 Å². The zero-order valence-corrected chi connectivity index (χ0v) is 11.2. The van der Waals surface area contributed by atoms with Crippen LogP contribution in [0.1, 0.15) is 23.3 Å². The van der Waals surface area contributed by atoms with Gasteiger partial charge >= 0.3 is 0 Å². The van der Waals surface area contributed by atoms with E-state index in [1.54, 1.807) is 12.1 Å². The van der Waals surface area contributed by atoms with Crippen molar-refractivity contribution in [2.45, 2.75) is 18.1 Å². The summed E-state index contributed by atoms with van der Waals surface area (Å²) in [7, 11) is -3.03. The Balaban J connectivity index is 1.97. The van der Waals surface area contributed by atoms with Gasteiger partial charge in [-0.3, -0.25) is 4.79 Å². The standard InChI is InChI=1S/C11H13ClN2O3S/c12-10-5-1-4-9(14-10)11(15)13-7-8-3-2-6-18(8,16)17/h1,4-5,8H,2-3,6-7H2,(H,13,15). The first-order valence-corrected chi connectivity index (χ1v) is 7.71. The summed E-state index contributed by atoms with van der Waals surface area (Å²) in [5.41, 5.74) is 0.192. The highest BCUT2D eigenvalue weighted by Gasteiger charge is 2.31. The Kier molecular flexibility index (Phi) is 3.87. The first kappa shape index (κ1) is 13.3. The maximum atomic E-state index is 11.7. The number of aromatic nitrogens is 1. The molecule has 1 N–H and O–H groups in total. The molecule has 1 unspecified atom stereocenters. The van der Waals surface area contributed by atoms with E-state index < -0.39 is 21.0 Å². The van der Waals surface area contributed by atoms with Crippen LogP contribution in [0.5, 0.6) is 0 Å². The van der Waals surface area contributed by atoms with E-state index in [1.165, 1.54) is 6.07 Å². The Morgan fingerprint density at radius 1 is 1.50 bits per heavy atom. The summed E-state index contributed by atoms with van der Waals surface area (Å²) in [6.45, 7) is 0.134. The Morgan fingerprint density at radius 2 is 2.28 bits per heavy atom. The SMILES string of the molecule is O=C(NCC1CCCS1(=O)=O)c1cccc(Cl)n1. The fraction of sp³-hybridized carbons (Fsp3) is 0.455. The molecule has 2 rings (SSSR count). The largest absolute Gasteiger partial charge is 0.349 e. The summed E-state index contributed by atoms with van der Waals surface area (Å²) in [4.78, 5) is 15.6. The summed E-state index contributed by atoms with van der Waals surface area (Å²) in [6, 6.07) is 4.72. The second-order valence-electron chi connectivity index (χ2n) is 4.19. The smallest absolute Gasteiger partial charge is 0.269 e. The third-order valence-corrected chi connectivity index (χ3v) is 5.39. The van der Waals surface area contributed by atoms with Gasteiger partial charge in [-0.2, -0.15) is 0 Å². The number of sulfone groups is 1. The molecule has 0 aromatic carbocycles. The van der Waals surface area contributed by atoms with Crippen molar-refractivity contribution in [2.24, 2.45) is 0 Å². The second kappa shape index (κ2) is 5.24. The predicted octanol–water partition coefficient (Wildman–Crippen LogP) is 1.04. The Labute approximate surface area is 110 Å². The molecular weight excluding hydrogens is 276 g/mol. The van der Waals surface area contributed by atoms with E-state index in [0.717, 1.165) is 0 Å². The molecule has 0 radical (unpaired) electrons. The number of rotatable bonds is 3.